The van der Waals surface area contributed by atoms with Gasteiger partial charge in [0.2, 0.25) is 5.75 Å². The van der Waals surface area contributed by atoms with Gasteiger partial charge < -0.3 is 5.11 Å². The first kappa shape index (κ1) is 12.1. The summed E-state index contributed by atoms with van der Waals surface area (Å²) in [6.07, 6.45) is 0. The Bertz CT molecular complexity index is 433. The third-order valence-electron chi connectivity index (χ3n) is 1.71. The van der Waals surface area contributed by atoms with Crippen molar-refractivity contribution in [2.45, 2.75) is 0 Å². The summed E-state index contributed by atoms with van der Waals surface area (Å²) in [5, 5.41) is 20.0. The van der Waals surface area contributed by atoms with Crippen molar-refractivity contribution in [3.05, 3.63) is 32.3 Å². The highest BCUT2D eigenvalue weighted by molar-refractivity contribution is 9.10. The number of hydrogen-bond donors (Lipinski definition) is 1. The molecule has 0 unspecified atom stereocenters. The van der Waals surface area contributed by atoms with E-state index in [1.165, 1.54) is 6.07 Å². The Labute approximate surface area is 102 Å². The molecule has 0 fully saturated rings. The number of nitrogens with zero attached hydrogens (tertiary/aromatic N) is 1. The average Bonchev–Trinajstić information content (AvgIpc) is 2.20. The second kappa shape index (κ2) is 4.71. The molecular formula is C8H5Br2NO4. The number of hydrogen-bond acceptors (Lipinski definition) is 4. The molecule has 5 nitrogen and oxygen atoms in total. The summed E-state index contributed by atoms with van der Waals surface area (Å²) in [6, 6.07) is 2.39. The maximum absolute atomic E-state index is 11.3. The van der Waals surface area contributed by atoms with E-state index in [-0.39, 0.29) is 21.1 Å². The minimum atomic E-state index is -0.720. The van der Waals surface area contributed by atoms with Crippen LogP contribution in [0, 0.1) is 10.1 Å². The van der Waals surface area contributed by atoms with Crippen molar-refractivity contribution < 1.29 is 14.8 Å². The lowest BCUT2D eigenvalue weighted by Crippen LogP contribution is -2.02. The lowest BCUT2D eigenvalue weighted by Gasteiger charge is -2.03. The number of aromatic hydroxyl groups is 1. The molecule has 1 aromatic carbocycles. The summed E-state index contributed by atoms with van der Waals surface area (Å²) in [4.78, 5) is 21.0. The first-order valence-electron chi connectivity index (χ1n) is 3.74. The van der Waals surface area contributed by atoms with E-state index in [2.05, 4.69) is 31.9 Å². The Morgan fingerprint density at radius 1 is 1.53 bits per heavy atom. The predicted molar refractivity (Wildman–Crippen MR) is 60.6 cm³/mol. The number of carbonyl (C=O) groups is 1. The average molecular weight is 339 g/mol. The highest BCUT2D eigenvalue weighted by Gasteiger charge is 2.21. The van der Waals surface area contributed by atoms with Crippen LogP contribution < -0.4 is 0 Å². The van der Waals surface area contributed by atoms with Crippen LogP contribution in [0.15, 0.2) is 16.6 Å². The zero-order valence-corrected chi connectivity index (χ0v) is 10.4. The van der Waals surface area contributed by atoms with Crippen LogP contribution in [-0.2, 0) is 0 Å². The van der Waals surface area contributed by atoms with Crippen LogP contribution in [0.4, 0.5) is 5.69 Å². The number of rotatable bonds is 3. The molecular weight excluding hydrogens is 334 g/mol. The highest BCUT2D eigenvalue weighted by atomic mass is 79.9. The van der Waals surface area contributed by atoms with Gasteiger partial charge in [0.1, 0.15) is 0 Å². The Hall–Kier alpha value is -0.950. The second-order valence-corrected chi connectivity index (χ2v) is 3.96. The zero-order valence-electron chi connectivity index (χ0n) is 7.24. The number of ketones is 1. The first-order valence-corrected chi connectivity index (χ1v) is 5.65. The van der Waals surface area contributed by atoms with Gasteiger partial charge in [0, 0.05) is 11.6 Å². The fourth-order valence-electron chi connectivity index (χ4n) is 0.989. The number of benzene rings is 1. The second-order valence-electron chi connectivity index (χ2n) is 2.61. The van der Waals surface area contributed by atoms with Gasteiger partial charge >= 0.3 is 5.69 Å². The van der Waals surface area contributed by atoms with Crippen molar-refractivity contribution in [3.63, 3.8) is 0 Å². The molecule has 1 rings (SSSR count). The Morgan fingerprint density at radius 2 is 2.13 bits per heavy atom. The Kier molecular flexibility index (Phi) is 3.81. The molecule has 0 aliphatic carbocycles. The molecule has 0 radical (unpaired) electrons. The number of phenols is 1. The molecule has 0 saturated carbocycles. The van der Waals surface area contributed by atoms with E-state index in [1.54, 1.807) is 0 Å². The van der Waals surface area contributed by atoms with E-state index in [9.17, 15) is 20.0 Å². The lowest BCUT2D eigenvalue weighted by atomic mass is 10.1. The summed E-state index contributed by atoms with van der Waals surface area (Å²) in [7, 11) is 0. The Balaban J connectivity index is 3.33. The minimum absolute atomic E-state index is 0.0427. The van der Waals surface area contributed by atoms with Crippen molar-refractivity contribution in [3.8, 4) is 5.75 Å². The molecule has 15 heavy (non-hydrogen) atoms. The predicted octanol–water partition coefficient (Wildman–Crippen LogP) is 2.64. The number of nitro groups is 1. The van der Waals surface area contributed by atoms with Crippen molar-refractivity contribution in [1.82, 2.24) is 0 Å². The minimum Gasteiger partial charge on any atom is -0.501 e. The summed E-state index contributed by atoms with van der Waals surface area (Å²) in [6.45, 7) is 0. The van der Waals surface area contributed by atoms with E-state index in [0.29, 0.717) is 0 Å². The summed E-state index contributed by atoms with van der Waals surface area (Å²) in [5.41, 5.74) is -0.233. The fraction of sp³-hybridized carbons (Fsp3) is 0.125. The molecule has 1 aromatic rings. The number of carbonyl (C=O) groups excluding carboxylic acids is 1. The standard InChI is InChI=1S/C8H5Br2NO4/c9-3-6(12)4-1-2-5(11(14)15)8(13)7(4)10/h1-2,13H,3H2. The Morgan fingerprint density at radius 3 is 2.60 bits per heavy atom. The third-order valence-corrected chi connectivity index (χ3v) is 3.03. The molecule has 1 N–H and O–H groups in total. The van der Waals surface area contributed by atoms with Crippen molar-refractivity contribution >= 4 is 43.3 Å². The van der Waals surface area contributed by atoms with Crippen molar-refractivity contribution in [2.75, 3.05) is 5.33 Å². The number of nitro benzene ring substituents is 1. The highest BCUT2D eigenvalue weighted by Crippen LogP contribution is 2.36. The van der Waals surface area contributed by atoms with Gasteiger partial charge in [-0.2, -0.15) is 0 Å². The van der Waals surface area contributed by atoms with E-state index >= 15 is 0 Å². The third kappa shape index (κ3) is 2.35. The van der Waals surface area contributed by atoms with Crippen molar-refractivity contribution in [2.24, 2.45) is 0 Å². The monoisotopic (exact) mass is 337 g/mol. The molecule has 0 atom stereocenters. The van der Waals surface area contributed by atoms with Crippen LogP contribution in [0.2, 0.25) is 0 Å². The molecule has 0 saturated heterocycles. The SMILES string of the molecule is O=C(CBr)c1ccc([N+](=O)[O-])c(O)c1Br. The fourth-order valence-corrected chi connectivity index (χ4v) is 1.85. The maximum atomic E-state index is 11.3. The molecule has 0 aromatic heterocycles. The lowest BCUT2D eigenvalue weighted by molar-refractivity contribution is -0.385. The molecule has 0 bridgehead atoms. The van der Waals surface area contributed by atoms with Crippen molar-refractivity contribution in [1.29, 1.82) is 0 Å². The smallest absolute Gasteiger partial charge is 0.311 e. The van der Waals surface area contributed by atoms with Gasteiger partial charge in [-0.25, -0.2) is 0 Å². The first-order chi connectivity index (χ1) is 6.99. The van der Waals surface area contributed by atoms with Gasteiger partial charge in [-0.3, -0.25) is 14.9 Å². The maximum Gasteiger partial charge on any atom is 0.311 e. The molecule has 0 aliphatic rings. The van der Waals surface area contributed by atoms with Crippen LogP contribution in [0.3, 0.4) is 0 Å². The molecule has 7 heteroatoms. The zero-order chi connectivity index (χ0) is 11.6. The topological polar surface area (TPSA) is 80.4 Å². The summed E-state index contributed by atoms with van der Waals surface area (Å²) < 4.78 is 0.0427. The van der Waals surface area contributed by atoms with E-state index in [1.807, 2.05) is 0 Å². The van der Waals surface area contributed by atoms with E-state index < -0.39 is 16.4 Å². The van der Waals surface area contributed by atoms with Gasteiger partial charge in [-0.15, -0.1) is 0 Å². The van der Waals surface area contributed by atoms with Crippen LogP contribution in [0.5, 0.6) is 5.75 Å². The number of Topliss-reactive ketones (excluding diaryl/α,β-unsaturated/α-hetero) is 1. The van der Waals surface area contributed by atoms with Gasteiger partial charge in [0.05, 0.1) is 14.7 Å². The molecule has 0 heterocycles. The largest absolute Gasteiger partial charge is 0.501 e. The van der Waals surface area contributed by atoms with E-state index in [0.717, 1.165) is 6.07 Å². The number of alkyl halides is 1. The molecule has 0 amide bonds. The van der Waals surface area contributed by atoms with Gasteiger partial charge in [-0.05, 0) is 22.0 Å². The van der Waals surface area contributed by atoms with Gasteiger partial charge in [-0.1, -0.05) is 15.9 Å². The molecule has 0 aliphatic heterocycles. The summed E-state index contributed by atoms with van der Waals surface area (Å²) in [5.74, 6) is -0.807. The van der Waals surface area contributed by atoms with Crippen LogP contribution >= 0.6 is 31.9 Å². The number of halogens is 2. The quantitative estimate of drug-likeness (QED) is 0.397. The van der Waals surface area contributed by atoms with Gasteiger partial charge in [0.25, 0.3) is 0 Å². The van der Waals surface area contributed by atoms with Crippen LogP contribution in [0.1, 0.15) is 10.4 Å². The molecule has 0 spiro atoms. The van der Waals surface area contributed by atoms with Gasteiger partial charge in [0.15, 0.2) is 5.78 Å². The molecule has 80 valence electrons. The van der Waals surface area contributed by atoms with Crippen LogP contribution in [0.25, 0.3) is 0 Å². The number of phenolic OH excluding ortho intramolecular Hbond substituents is 1. The summed E-state index contributed by atoms with van der Waals surface area (Å²) >= 11 is 5.92. The van der Waals surface area contributed by atoms with E-state index in [4.69, 9.17) is 0 Å². The normalized spacial score (nSPS) is 10.0. The van der Waals surface area contributed by atoms with Crippen LogP contribution in [-0.4, -0.2) is 21.1 Å².